The van der Waals surface area contributed by atoms with Crippen molar-refractivity contribution in [1.29, 1.82) is 0 Å². The predicted octanol–water partition coefficient (Wildman–Crippen LogP) is 1.33. The van der Waals surface area contributed by atoms with Crippen molar-refractivity contribution in [3.8, 4) is 5.88 Å². The summed E-state index contributed by atoms with van der Waals surface area (Å²) in [7, 11) is 1.36. The van der Waals surface area contributed by atoms with Gasteiger partial charge in [-0.05, 0) is 6.04 Å². The maximum absolute atomic E-state index is 7.34. The average Bonchev–Trinajstić information content (AvgIpc) is 2.08. The molecule has 54 valence electrons. The third-order valence-electron chi connectivity index (χ3n) is 0.872. The largest absolute Gasteiger partial charge is 0.481 e. The number of pyridine rings is 1. The molecule has 0 bridgehead atoms. The molecule has 3 nitrogen and oxygen atoms in total. The summed E-state index contributed by atoms with van der Waals surface area (Å²) in [5.41, 5.74) is 5.36. The van der Waals surface area contributed by atoms with Gasteiger partial charge in [-0.3, -0.25) is 0 Å². The summed E-state index contributed by atoms with van der Waals surface area (Å²) in [5.74, 6) is 0.0356. The van der Waals surface area contributed by atoms with Gasteiger partial charge in [0.05, 0.1) is 9.85 Å². The Hall–Kier alpha value is -0.960. The molecule has 0 saturated heterocycles. The van der Waals surface area contributed by atoms with E-state index in [1.165, 1.54) is 7.11 Å². The van der Waals surface area contributed by atoms with Crippen LogP contribution in [-0.4, -0.2) is 12.1 Å². The fourth-order valence-corrected chi connectivity index (χ4v) is 0.678. The van der Waals surface area contributed by atoms with Crippen LogP contribution in [0.25, 0.3) is 0 Å². The molecule has 0 aliphatic rings. The Balaban J connectivity index is 3.39. The first-order valence-corrected chi connectivity index (χ1v) is 2.92. The maximum atomic E-state index is 7.34. The predicted molar refractivity (Wildman–Crippen MR) is 40.2 cm³/mol. The highest BCUT2D eigenvalue weighted by Crippen LogP contribution is 2.16. The molecule has 1 rings (SSSR count). The molecule has 0 amide bonds. The molecule has 0 saturated carbocycles. The summed E-state index contributed by atoms with van der Waals surface area (Å²) >= 11 is 5.53. The number of ether oxygens (including phenoxy) is 1. The van der Waals surface area contributed by atoms with E-state index in [0.717, 1.165) is 0 Å². The van der Waals surface area contributed by atoms with Gasteiger partial charge in [0, 0.05) is 11.7 Å². The number of rotatable bonds is 1. The quantitative estimate of drug-likeness (QED) is 0.631. The molecule has 1 aromatic rings. The summed E-state index contributed by atoms with van der Waals surface area (Å²) in [6.45, 7) is 0. The van der Waals surface area contributed by atoms with Crippen molar-refractivity contribution in [2.24, 2.45) is 0 Å². The fraction of sp³-hybridized carbons (Fsp3) is 0.167. The average molecular weight is 161 g/mol. The van der Waals surface area contributed by atoms with Crippen LogP contribution in [0.4, 0.5) is 5.69 Å². The summed E-state index contributed by atoms with van der Waals surface area (Å²) in [6.07, 6.45) is 0. The van der Waals surface area contributed by atoms with Crippen molar-refractivity contribution in [2.45, 2.75) is 0 Å². The zero-order chi connectivity index (χ0) is 9.30. The topological polar surface area (TPSA) is 48.1 Å². The Morgan fingerprint density at radius 2 is 2.50 bits per heavy atom. The molecule has 0 spiro atoms. The van der Waals surface area contributed by atoms with Crippen molar-refractivity contribution >= 4 is 17.3 Å². The molecule has 0 fully saturated rings. The summed E-state index contributed by atoms with van der Waals surface area (Å²) in [6, 6.07) is -0.241. The molecule has 0 atom stereocenters. The number of nitrogens with two attached hydrogens (primary N) is 1. The highest BCUT2D eigenvalue weighted by molar-refractivity contribution is 6.29. The van der Waals surface area contributed by atoms with Crippen LogP contribution in [0.15, 0.2) is 12.1 Å². The fourth-order valence-electron chi connectivity index (χ4n) is 0.499. The van der Waals surface area contributed by atoms with Crippen LogP contribution in [0.5, 0.6) is 5.88 Å². The Kier molecular flexibility index (Phi) is 1.32. The first kappa shape index (κ1) is 4.79. The summed E-state index contributed by atoms with van der Waals surface area (Å²) < 4.78 is 19.3. The second-order valence-corrected chi connectivity index (χ2v) is 1.93. The molecule has 4 heteroatoms. The van der Waals surface area contributed by atoms with Crippen molar-refractivity contribution in [3.05, 3.63) is 17.2 Å². The van der Waals surface area contributed by atoms with Gasteiger partial charge in [0.15, 0.2) is 0 Å². The van der Waals surface area contributed by atoms with Crippen LogP contribution in [0, 0.1) is 0 Å². The molecule has 0 aliphatic carbocycles. The number of anilines is 1. The van der Waals surface area contributed by atoms with Crippen LogP contribution in [0.3, 0.4) is 0 Å². The van der Waals surface area contributed by atoms with E-state index >= 15 is 0 Å². The van der Waals surface area contributed by atoms with Crippen LogP contribution in [0.1, 0.15) is 2.74 Å². The number of aromatic nitrogens is 1. The molecule has 0 unspecified atom stereocenters. The second-order valence-electron chi connectivity index (χ2n) is 1.58. The molecule has 1 heterocycles. The van der Waals surface area contributed by atoms with E-state index in [1.807, 2.05) is 0 Å². The number of halogens is 1. The summed E-state index contributed by atoms with van der Waals surface area (Å²) in [4.78, 5) is 3.64. The highest BCUT2D eigenvalue weighted by atomic mass is 35.5. The number of hydrogen-bond donors (Lipinski definition) is 1. The standard InChI is InChI=1S/C6H7ClN2O/c1-10-6-3-4(8)2-5(7)9-6/h2-3H,1H3,(H2,8,9)/i2D,3D. The van der Waals surface area contributed by atoms with Gasteiger partial charge in [0.1, 0.15) is 5.15 Å². The van der Waals surface area contributed by atoms with E-state index in [-0.39, 0.29) is 28.8 Å². The highest BCUT2D eigenvalue weighted by Gasteiger charge is 1.96. The lowest BCUT2D eigenvalue weighted by Gasteiger charge is -1.99. The molecule has 0 radical (unpaired) electrons. The van der Waals surface area contributed by atoms with Crippen LogP contribution < -0.4 is 10.5 Å². The molecule has 1 aromatic heterocycles. The van der Waals surface area contributed by atoms with Crippen molar-refractivity contribution < 1.29 is 7.48 Å². The van der Waals surface area contributed by atoms with Crippen LogP contribution in [0.2, 0.25) is 5.15 Å². The minimum atomic E-state index is -0.137. The minimum Gasteiger partial charge on any atom is -0.481 e. The van der Waals surface area contributed by atoms with Gasteiger partial charge in [-0.2, -0.15) is 0 Å². The van der Waals surface area contributed by atoms with Gasteiger partial charge in [-0.15, -0.1) is 0 Å². The number of nitrogen functional groups attached to an aromatic ring is 1. The monoisotopic (exact) mass is 160 g/mol. The number of methoxy groups -OCH3 is 1. The van der Waals surface area contributed by atoms with E-state index in [0.29, 0.717) is 0 Å². The molecule has 0 aliphatic heterocycles. The zero-order valence-corrected chi connectivity index (χ0v) is 6.07. The minimum absolute atomic E-state index is 0.0214. The Morgan fingerprint density at radius 1 is 1.80 bits per heavy atom. The SMILES string of the molecule is [2H]c1c(Cl)nc(OC)c([2H])c1N. The van der Waals surface area contributed by atoms with E-state index in [9.17, 15) is 0 Å². The Morgan fingerprint density at radius 3 is 3.10 bits per heavy atom. The normalized spacial score (nSPS) is 12.2. The molecule has 2 N–H and O–H groups in total. The van der Waals surface area contributed by atoms with Gasteiger partial charge in [0.25, 0.3) is 0 Å². The Labute approximate surface area is 66.6 Å². The van der Waals surface area contributed by atoms with Gasteiger partial charge in [-0.25, -0.2) is 4.98 Å². The summed E-state index contributed by atoms with van der Waals surface area (Å²) in [5, 5.41) is -0.0552. The molecular formula is C6H7ClN2O. The first-order chi connectivity index (χ1) is 5.57. The van der Waals surface area contributed by atoms with E-state index < -0.39 is 0 Å². The van der Waals surface area contributed by atoms with Crippen molar-refractivity contribution in [1.82, 2.24) is 4.98 Å². The van der Waals surface area contributed by atoms with Crippen molar-refractivity contribution in [3.63, 3.8) is 0 Å². The third kappa shape index (κ3) is 1.51. The van der Waals surface area contributed by atoms with Gasteiger partial charge in [0.2, 0.25) is 5.88 Å². The third-order valence-corrected chi connectivity index (χ3v) is 1.05. The van der Waals surface area contributed by atoms with Crippen molar-refractivity contribution in [2.75, 3.05) is 12.8 Å². The molecule has 10 heavy (non-hydrogen) atoms. The molecular weight excluding hydrogens is 152 g/mol. The Bertz CT molecular complexity index is 319. The van der Waals surface area contributed by atoms with E-state index in [1.54, 1.807) is 0 Å². The number of nitrogens with zero attached hydrogens (tertiary/aromatic N) is 1. The lowest BCUT2D eigenvalue weighted by atomic mass is 10.4. The smallest absolute Gasteiger partial charge is 0.216 e. The molecule has 0 aromatic carbocycles. The lowest BCUT2D eigenvalue weighted by molar-refractivity contribution is 0.398. The van der Waals surface area contributed by atoms with Crippen LogP contribution in [-0.2, 0) is 0 Å². The zero-order valence-electron chi connectivity index (χ0n) is 7.31. The number of hydrogen-bond acceptors (Lipinski definition) is 3. The first-order valence-electron chi connectivity index (χ1n) is 3.54. The van der Waals surface area contributed by atoms with Gasteiger partial charge >= 0.3 is 0 Å². The van der Waals surface area contributed by atoms with Crippen LogP contribution >= 0.6 is 11.6 Å². The van der Waals surface area contributed by atoms with Gasteiger partial charge < -0.3 is 10.5 Å². The maximum Gasteiger partial charge on any atom is 0.216 e. The second kappa shape index (κ2) is 2.75. The lowest BCUT2D eigenvalue weighted by Crippen LogP contribution is -1.91. The van der Waals surface area contributed by atoms with Gasteiger partial charge in [-0.1, -0.05) is 11.6 Å². The van der Waals surface area contributed by atoms with E-state index in [2.05, 4.69) is 4.98 Å². The van der Waals surface area contributed by atoms with E-state index in [4.69, 9.17) is 24.8 Å².